The maximum absolute atomic E-state index is 13.1. The summed E-state index contributed by atoms with van der Waals surface area (Å²) in [6, 6.07) is 19.0. The molecule has 0 amide bonds. The number of thiazole rings is 1. The Morgan fingerprint density at radius 1 is 1.00 bits per heavy atom. The number of imidazole rings is 1. The Labute approximate surface area is 217 Å². The van der Waals surface area contributed by atoms with Crippen LogP contribution in [0.25, 0.3) is 22.1 Å². The second kappa shape index (κ2) is 10.6. The molecular weight excluding hydrogens is 496 g/mol. The van der Waals surface area contributed by atoms with Crippen LogP contribution in [0, 0.1) is 6.92 Å². The number of aryl methyl sites for hydroxylation is 1. The summed E-state index contributed by atoms with van der Waals surface area (Å²) in [5.41, 5.74) is 3.41. The van der Waals surface area contributed by atoms with Gasteiger partial charge in [-0.2, -0.15) is 0 Å². The Kier molecular flexibility index (Phi) is 7.11. The van der Waals surface area contributed by atoms with Crippen LogP contribution in [-0.4, -0.2) is 29.2 Å². The highest BCUT2D eigenvalue weighted by atomic mass is 35.5. The van der Waals surface area contributed by atoms with Gasteiger partial charge in [-0.05, 0) is 73.5 Å². The van der Waals surface area contributed by atoms with Crippen molar-refractivity contribution in [2.75, 3.05) is 19.8 Å². The van der Waals surface area contributed by atoms with E-state index in [1.807, 2.05) is 80.6 Å². The van der Waals surface area contributed by atoms with Gasteiger partial charge in [0.05, 0.1) is 35.4 Å². The number of hydrogen-bond donors (Lipinski definition) is 0. The molecule has 0 aliphatic heterocycles. The van der Waals surface area contributed by atoms with E-state index in [2.05, 4.69) is 4.98 Å². The highest BCUT2D eigenvalue weighted by molar-refractivity contribution is 7.15. The predicted octanol–water partition coefficient (Wildman–Crippen LogP) is 5.67. The summed E-state index contributed by atoms with van der Waals surface area (Å²) >= 11 is 7.44. The molecule has 184 valence electrons. The monoisotopic (exact) mass is 520 g/mol. The molecule has 6 nitrogen and oxygen atoms in total. The van der Waals surface area contributed by atoms with Crippen molar-refractivity contribution in [2.45, 2.75) is 20.3 Å². The van der Waals surface area contributed by atoms with Gasteiger partial charge in [0.15, 0.2) is 16.5 Å². The number of fused-ring (bicyclic) bond motifs is 3. The standard InChI is InChI=1S/C28H25ClN2O4S/c1-3-33-25-16-19(17-26-27(32)31-23-8-5-4-7-22(23)30-28(31)36-26)9-12-24(25)35-14-6-13-34-20-10-11-21(29)18(2)15-20/h4-5,7-12,15-17H,3,6,13-14H2,1-2H3/b26-17-. The third kappa shape index (κ3) is 5.03. The van der Waals surface area contributed by atoms with Gasteiger partial charge in [0.2, 0.25) is 0 Å². The fourth-order valence-corrected chi connectivity index (χ4v) is 5.01. The summed E-state index contributed by atoms with van der Waals surface area (Å²) in [5, 5.41) is 0.726. The lowest BCUT2D eigenvalue weighted by atomic mass is 10.2. The van der Waals surface area contributed by atoms with Crippen LogP contribution in [0.15, 0.2) is 65.5 Å². The van der Waals surface area contributed by atoms with E-state index in [4.69, 9.17) is 25.8 Å². The number of nitrogens with zero attached hydrogens (tertiary/aromatic N) is 2. The van der Waals surface area contributed by atoms with Crippen molar-refractivity contribution in [1.29, 1.82) is 0 Å². The maximum Gasteiger partial charge on any atom is 0.274 e. The molecule has 0 bridgehead atoms. The summed E-state index contributed by atoms with van der Waals surface area (Å²) < 4.78 is 19.9. The molecule has 2 heterocycles. The average molecular weight is 521 g/mol. The zero-order valence-corrected chi connectivity index (χ0v) is 21.6. The van der Waals surface area contributed by atoms with E-state index >= 15 is 0 Å². The second-order valence-electron chi connectivity index (χ2n) is 8.23. The Morgan fingerprint density at radius 3 is 2.67 bits per heavy atom. The number of para-hydroxylation sites is 2. The van der Waals surface area contributed by atoms with Crippen LogP contribution in [0.5, 0.6) is 17.2 Å². The van der Waals surface area contributed by atoms with Crippen LogP contribution in [0.1, 0.15) is 24.5 Å². The number of benzene rings is 3. The highest BCUT2D eigenvalue weighted by Crippen LogP contribution is 2.29. The van der Waals surface area contributed by atoms with Crippen LogP contribution in [0.2, 0.25) is 5.02 Å². The second-order valence-corrected chi connectivity index (χ2v) is 9.65. The van der Waals surface area contributed by atoms with Gasteiger partial charge < -0.3 is 14.2 Å². The number of hydrogen-bond acceptors (Lipinski definition) is 6. The number of aromatic nitrogens is 2. The van der Waals surface area contributed by atoms with Gasteiger partial charge in [-0.1, -0.05) is 41.1 Å². The van der Waals surface area contributed by atoms with E-state index in [-0.39, 0.29) is 5.56 Å². The van der Waals surface area contributed by atoms with Gasteiger partial charge in [-0.15, -0.1) is 0 Å². The van der Waals surface area contributed by atoms with Gasteiger partial charge >= 0.3 is 0 Å². The zero-order chi connectivity index (χ0) is 25.1. The van der Waals surface area contributed by atoms with Gasteiger partial charge in [0.1, 0.15) is 5.75 Å². The smallest absolute Gasteiger partial charge is 0.274 e. The number of halogens is 1. The first-order valence-corrected chi connectivity index (χ1v) is 12.9. The van der Waals surface area contributed by atoms with Crippen LogP contribution >= 0.6 is 22.9 Å². The first-order chi connectivity index (χ1) is 17.5. The molecule has 2 aromatic heterocycles. The Hall–Kier alpha value is -3.55. The molecule has 8 heteroatoms. The van der Waals surface area contributed by atoms with Gasteiger partial charge in [0, 0.05) is 11.4 Å². The first-order valence-electron chi connectivity index (χ1n) is 11.7. The molecular formula is C28H25ClN2O4S. The fraction of sp³-hybridized carbons (Fsp3) is 0.214. The van der Waals surface area contributed by atoms with Crippen LogP contribution in [0.3, 0.4) is 0 Å². The highest BCUT2D eigenvalue weighted by Gasteiger charge is 2.11. The Balaban J connectivity index is 1.29. The fourth-order valence-electron chi connectivity index (χ4n) is 3.90. The molecule has 0 N–H and O–H groups in total. The largest absolute Gasteiger partial charge is 0.493 e. The third-order valence-corrected chi connectivity index (χ3v) is 7.05. The van der Waals surface area contributed by atoms with Crippen molar-refractivity contribution < 1.29 is 14.2 Å². The first kappa shape index (κ1) is 24.2. The van der Waals surface area contributed by atoms with E-state index in [1.54, 1.807) is 4.40 Å². The molecule has 0 saturated carbocycles. The average Bonchev–Trinajstić information content (AvgIpc) is 3.38. The maximum atomic E-state index is 13.1. The van der Waals surface area contributed by atoms with E-state index in [0.29, 0.717) is 47.2 Å². The molecule has 0 aliphatic rings. The SMILES string of the molecule is CCOc1cc(/C=c2\sc3nc4ccccc4n3c2=O)ccc1OCCCOc1ccc(Cl)c(C)c1. The number of rotatable bonds is 9. The lowest BCUT2D eigenvalue weighted by Crippen LogP contribution is -2.22. The molecule has 0 spiro atoms. The molecule has 0 atom stereocenters. The number of ether oxygens (including phenoxy) is 3. The van der Waals surface area contributed by atoms with Gasteiger partial charge in [0.25, 0.3) is 5.56 Å². The molecule has 0 saturated heterocycles. The quantitative estimate of drug-likeness (QED) is 0.234. The van der Waals surface area contributed by atoms with Crippen LogP contribution < -0.4 is 24.3 Å². The van der Waals surface area contributed by atoms with Crippen LogP contribution in [0.4, 0.5) is 0 Å². The summed E-state index contributed by atoms with van der Waals surface area (Å²) in [4.78, 5) is 18.3. The Bertz CT molecular complexity index is 1640. The molecule has 0 unspecified atom stereocenters. The van der Waals surface area contributed by atoms with E-state index in [0.717, 1.165) is 32.9 Å². The molecule has 5 rings (SSSR count). The molecule has 5 aromatic rings. The topological polar surface area (TPSA) is 62.1 Å². The van der Waals surface area contributed by atoms with Crippen LogP contribution in [-0.2, 0) is 0 Å². The van der Waals surface area contributed by atoms with Gasteiger partial charge in [-0.25, -0.2) is 9.38 Å². The molecule has 0 radical (unpaired) electrons. The molecule has 3 aromatic carbocycles. The summed E-state index contributed by atoms with van der Waals surface area (Å²) in [6.07, 6.45) is 2.58. The van der Waals surface area contributed by atoms with Crippen molar-refractivity contribution in [3.63, 3.8) is 0 Å². The summed E-state index contributed by atoms with van der Waals surface area (Å²) in [5.74, 6) is 2.09. The van der Waals surface area contributed by atoms with Crippen molar-refractivity contribution >= 4 is 45.0 Å². The minimum Gasteiger partial charge on any atom is -0.493 e. The minimum absolute atomic E-state index is 0.0714. The van der Waals surface area contributed by atoms with Crippen molar-refractivity contribution in [2.24, 2.45) is 0 Å². The third-order valence-electron chi connectivity index (χ3n) is 5.65. The molecule has 36 heavy (non-hydrogen) atoms. The van der Waals surface area contributed by atoms with E-state index in [1.165, 1.54) is 11.3 Å². The summed E-state index contributed by atoms with van der Waals surface area (Å²) in [6.45, 7) is 5.39. The van der Waals surface area contributed by atoms with Crippen molar-refractivity contribution in [3.8, 4) is 17.2 Å². The van der Waals surface area contributed by atoms with E-state index in [9.17, 15) is 4.79 Å². The molecule has 0 fully saturated rings. The zero-order valence-electron chi connectivity index (χ0n) is 20.0. The van der Waals surface area contributed by atoms with E-state index < -0.39 is 0 Å². The van der Waals surface area contributed by atoms with Crippen molar-refractivity contribution in [3.05, 3.63) is 91.7 Å². The minimum atomic E-state index is -0.0714. The van der Waals surface area contributed by atoms with Crippen molar-refractivity contribution in [1.82, 2.24) is 9.38 Å². The lowest BCUT2D eigenvalue weighted by molar-refractivity contribution is 0.236. The lowest BCUT2D eigenvalue weighted by Gasteiger charge is -2.13. The van der Waals surface area contributed by atoms with Gasteiger partial charge in [-0.3, -0.25) is 4.79 Å². The molecule has 0 aliphatic carbocycles. The summed E-state index contributed by atoms with van der Waals surface area (Å²) in [7, 11) is 0. The Morgan fingerprint density at radius 2 is 1.83 bits per heavy atom. The normalized spacial score (nSPS) is 11.9. The predicted molar refractivity (Wildman–Crippen MR) is 145 cm³/mol.